The summed E-state index contributed by atoms with van der Waals surface area (Å²) in [6, 6.07) is 14.3. The fourth-order valence-electron chi connectivity index (χ4n) is 2.24. The number of nitrogens with one attached hydrogen (secondary N) is 1. The molecule has 0 saturated carbocycles. The number of para-hydroxylation sites is 1. The predicted octanol–water partition coefficient (Wildman–Crippen LogP) is 4.60. The van der Waals surface area contributed by atoms with E-state index in [4.69, 9.17) is 0 Å². The van der Waals surface area contributed by atoms with Gasteiger partial charge in [0.25, 0.3) is 0 Å². The number of hydrogen-bond acceptors (Lipinski definition) is 2. The average molecular weight is 299 g/mol. The maximum atomic E-state index is 12.1. The molecular formula is C18H21NOS. The number of carbonyl (C=O) groups is 1. The van der Waals surface area contributed by atoms with Crippen LogP contribution in [0.3, 0.4) is 0 Å². The van der Waals surface area contributed by atoms with Crippen LogP contribution in [0.5, 0.6) is 0 Å². The van der Waals surface area contributed by atoms with Gasteiger partial charge in [0.1, 0.15) is 0 Å². The third kappa shape index (κ3) is 4.36. The molecule has 110 valence electrons. The molecule has 0 spiro atoms. The number of hydrogen-bond donors (Lipinski definition) is 1. The summed E-state index contributed by atoms with van der Waals surface area (Å²) in [4.78, 5) is 13.3. The van der Waals surface area contributed by atoms with Gasteiger partial charge < -0.3 is 5.32 Å². The second-order valence-electron chi connectivity index (χ2n) is 5.12. The van der Waals surface area contributed by atoms with E-state index < -0.39 is 0 Å². The van der Waals surface area contributed by atoms with Crippen LogP contribution >= 0.6 is 11.8 Å². The summed E-state index contributed by atoms with van der Waals surface area (Å²) in [5, 5.41) is 3.00. The van der Waals surface area contributed by atoms with E-state index in [1.165, 1.54) is 21.6 Å². The number of thioether (sulfide) groups is 1. The van der Waals surface area contributed by atoms with Gasteiger partial charge in [0.2, 0.25) is 5.91 Å². The molecule has 0 bridgehead atoms. The first kappa shape index (κ1) is 15.6. The molecule has 3 heteroatoms. The molecule has 0 aliphatic heterocycles. The number of amides is 1. The number of anilines is 1. The largest absolute Gasteiger partial charge is 0.325 e. The maximum absolute atomic E-state index is 12.1. The van der Waals surface area contributed by atoms with Crippen molar-refractivity contribution in [1.82, 2.24) is 0 Å². The van der Waals surface area contributed by atoms with E-state index in [1.807, 2.05) is 24.3 Å². The van der Waals surface area contributed by atoms with Gasteiger partial charge in [0, 0.05) is 10.6 Å². The SMILES string of the molecule is CCc1ccccc1NC(=O)CSc1ccc(C)cc1C. The van der Waals surface area contributed by atoms with Gasteiger partial charge in [-0.15, -0.1) is 11.8 Å². The zero-order valence-corrected chi connectivity index (χ0v) is 13.6. The average Bonchev–Trinajstić information content (AvgIpc) is 2.47. The van der Waals surface area contributed by atoms with Gasteiger partial charge in [-0.25, -0.2) is 0 Å². The normalized spacial score (nSPS) is 10.4. The van der Waals surface area contributed by atoms with Gasteiger partial charge in [0.15, 0.2) is 0 Å². The minimum absolute atomic E-state index is 0.0425. The molecule has 2 nitrogen and oxygen atoms in total. The van der Waals surface area contributed by atoms with Crippen LogP contribution in [0.25, 0.3) is 0 Å². The fraction of sp³-hybridized carbons (Fsp3) is 0.278. The topological polar surface area (TPSA) is 29.1 Å². The molecule has 0 fully saturated rings. The maximum Gasteiger partial charge on any atom is 0.234 e. The first-order chi connectivity index (χ1) is 10.1. The molecule has 0 atom stereocenters. The van der Waals surface area contributed by atoms with Gasteiger partial charge in [-0.2, -0.15) is 0 Å². The molecule has 1 amide bonds. The van der Waals surface area contributed by atoms with E-state index >= 15 is 0 Å². The molecule has 0 unspecified atom stereocenters. The quantitative estimate of drug-likeness (QED) is 0.818. The van der Waals surface area contributed by atoms with Crippen molar-refractivity contribution in [3.05, 3.63) is 59.2 Å². The molecule has 0 heterocycles. The molecule has 0 radical (unpaired) electrons. The van der Waals surface area contributed by atoms with Gasteiger partial charge in [0.05, 0.1) is 5.75 Å². The van der Waals surface area contributed by atoms with Crippen molar-refractivity contribution < 1.29 is 4.79 Å². The standard InChI is InChI=1S/C18H21NOS/c1-4-15-7-5-6-8-16(15)19-18(20)12-21-17-10-9-13(2)11-14(17)3/h5-11H,4,12H2,1-3H3,(H,19,20). The molecule has 1 N–H and O–H groups in total. The van der Waals surface area contributed by atoms with Gasteiger partial charge in [-0.3, -0.25) is 4.79 Å². The second kappa shape index (κ2) is 7.32. The molecule has 0 aromatic heterocycles. The van der Waals surface area contributed by atoms with E-state index in [9.17, 15) is 4.79 Å². The Morgan fingerprint density at radius 1 is 1.14 bits per heavy atom. The van der Waals surface area contributed by atoms with E-state index in [-0.39, 0.29) is 5.91 Å². The number of carbonyl (C=O) groups excluding carboxylic acids is 1. The zero-order chi connectivity index (χ0) is 15.2. The molecule has 2 rings (SSSR count). The van der Waals surface area contributed by atoms with Crippen molar-refractivity contribution in [3.63, 3.8) is 0 Å². The highest BCUT2D eigenvalue weighted by Gasteiger charge is 2.07. The Labute approximate surface area is 131 Å². The minimum Gasteiger partial charge on any atom is -0.325 e. The molecule has 2 aromatic rings. The summed E-state index contributed by atoms with van der Waals surface area (Å²) < 4.78 is 0. The van der Waals surface area contributed by atoms with Crippen LogP contribution in [0.4, 0.5) is 5.69 Å². The Kier molecular flexibility index (Phi) is 5.45. The number of benzene rings is 2. The molecule has 2 aromatic carbocycles. The van der Waals surface area contributed by atoms with E-state index in [0.717, 1.165) is 12.1 Å². The molecule has 21 heavy (non-hydrogen) atoms. The third-order valence-electron chi connectivity index (χ3n) is 3.36. The van der Waals surface area contributed by atoms with E-state index in [2.05, 4.69) is 44.3 Å². The lowest BCUT2D eigenvalue weighted by molar-refractivity contribution is -0.113. The minimum atomic E-state index is 0.0425. The summed E-state index contributed by atoms with van der Waals surface area (Å²) in [5.41, 5.74) is 4.56. The summed E-state index contributed by atoms with van der Waals surface area (Å²) in [7, 11) is 0. The van der Waals surface area contributed by atoms with Gasteiger partial charge in [-0.1, -0.05) is 42.8 Å². The fourth-order valence-corrected chi connectivity index (χ4v) is 3.05. The van der Waals surface area contributed by atoms with Gasteiger partial charge >= 0.3 is 0 Å². The molecule has 0 saturated heterocycles. The molecule has 0 aliphatic carbocycles. The molecular weight excluding hydrogens is 278 g/mol. The van der Waals surface area contributed by atoms with Crippen molar-refractivity contribution in [2.24, 2.45) is 0 Å². The van der Waals surface area contributed by atoms with E-state index in [1.54, 1.807) is 11.8 Å². The van der Waals surface area contributed by atoms with Crippen molar-refractivity contribution in [3.8, 4) is 0 Å². The van der Waals surface area contributed by atoms with Crippen LogP contribution in [0, 0.1) is 13.8 Å². The lowest BCUT2D eigenvalue weighted by Crippen LogP contribution is -2.15. The Hall–Kier alpha value is -1.74. The number of aryl methyl sites for hydroxylation is 3. The predicted molar refractivity (Wildman–Crippen MR) is 91.1 cm³/mol. The Morgan fingerprint density at radius 3 is 2.62 bits per heavy atom. The highest BCUT2D eigenvalue weighted by atomic mass is 32.2. The number of rotatable bonds is 5. The monoisotopic (exact) mass is 299 g/mol. The first-order valence-electron chi connectivity index (χ1n) is 7.18. The lowest BCUT2D eigenvalue weighted by Gasteiger charge is -2.10. The zero-order valence-electron chi connectivity index (χ0n) is 12.8. The highest BCUT2D eigenvalue weighted by Crippen LogP contribution is 2.23. The van der Waals surface area contributed by atoms with Crippen LogP contribution < -0.4 is 5.32 Å². The smallest absolute Gasteiger partial charge is 0.234 e. The Bertz CT molecular complexity index is 637. The van der Waals surface area contributed by atoms with Crippen LogP contribution in [-0.4, -0.2) is 11.7 Å². The summed E-state index contributed by atoms with van der Waals surface area (Å²) in [6.45, 7) is 6.25. The van der Waals surface area contributed by atoms with Crippen LogP contribution in [0.15, 0.2) is 47.4 Å². The Balaban J connectivity index is 1.96. The van der Waals surface area contributed by atoms with Crippen molar-refractivity contribution in [1.29, 1.82) is 0 Å². The second-order valence-corrected chi connectivity index (χ2v) is 6.13. The van der Waals surface area contributed by atoms with Crippen LogP contribution in [0.2, 0.25) is 0 Å². The van der Waals surface area contributed by atoms with E-state index in [0.29, 0.717) is 5.75 Å². The third-order valence-corrected chi connectivity index (χ3v) is 4.54. The van der Waals surface area contributed by atoms with Gasteiger partial charge in [-0.05, 0) is 43.5 Å². The summed E-state index contributed by atoms with van der Waals surface area (Å²) in [5.74, 6) is 0.475. The summed E-state index contributed by atoms with van der Waals surface area (Å²) >= 11 is 1.58. The van der Waals surface area contributed by atoms with Crippen LogP contribution in [-0.2, 0) is 11.2 Å². The first-order valence-corrected chi connectivity index (χ1v) is 8.16. The van der Waals surface area contributed by atoms with Crippen molar-refractivity contribution >= 4 is 23.4 Å². The van der Waals surface area contributed by atoms with Crippen LogP contribution in [0.1, 0.15) is 23.6 Å². The van der Waals surface area contributed by atoms with Crippen molar-refractivity contribution in [2.75, 3.05) is 11.1 Å². The van der Waals surface area contributed by atoms with Crippen molar-refractivity contribution in [2.45, 2.75) is 32.1 Å². The molecule has 0 aliphatic rings. The summed E-state index contributed by atoms with van der Waals surface area (Å²) in [6.07, 6.45) is 0.917. The Morgan fingerprint density at radius 2 is 1.90 bits per heavy atom. The lowest BCUT2D eigenvalue weighted by atomic mass is 10.1. The highest BCUT2D eigenvalue weighted by molar-refractivity contribution is 8.00.